The smallest absolute Gasteiger partial charge is 0.163 e. The predicted molar refractivity (Wildman–Crippen MR) is 81.7 cm³/mol. The van der Waals surface area contributed by atoms with Crippen molar-refractivity contribution in [3.05, 3.63) is 18.5 Å². The molecule has 6 heteroatoms. The number of aromatic nitrogens is 2. The van der Waals surface area contributed by atoms with Crippen LogP contribution >= 0.6 is 0 Å². The van der Waals surface area contributed by atoms with Crippen LogP contribution in [0.3, 0.4) is 0 Å². The first kappa shape index (κ1) is 13.9. The maximum absolute atomic E-state index is 5.85. The highest BCUT2D eigenvalue weighted by atomic mass is 16.5. The van der Waals surface area contributed by atoms with Gasteiger partial charge in [-0.15, -0.1) is 0 Å². The summed E-state index contributed by atoms with van der Waals surface area (Å²) in [6.45, 7) is 4.19. The molecule has 0 spiro atoms. The van der Waals surface area contributed by atoms with Gasteiger partial charge >= 0.3 is 0 Å². The summed E-state index contributed by atoms with van der Waals surface area (Å²) < 4.78 is 11.2. The monoisotopic (exact) mass is 288 g/mol. The van der Waals surface area contributed by atoms with Gasteiger partial charge in [0, 0.05) is 18.0 Å². The highest BCUT2D eigenvalue weighted by Crippen LogP contribution is 2.33. The van der Waals surface area contributed by atoms with E-state index in [1.54, 1.807) is 7.11 Å². The molecule has 1 aliphatic heterocycles. The molecular weight excluding hydrogens is 268 g/mol. The Morgan fingerprint density at radius 1 is 1.24 bits per heavy atom. The zero-order chi connectivity index (χ0) is 14.7. The van der Waals surface area contributed by atoms with E-state index in [0.29, 0.717) is 23.9 Å². The number of benzene rings is 1. The molecule has 3 rings (SSSR count). The minimum atomic E-state index is 0.447. The van der Waals surface area contributed by atoms with Crippen LogP contribution in [0, 0.1) is 0 Å². The third-order valence-electron chi connectivity index (χ3n) is 3.78. The van der Waals surface area contributed by atoms with E-state index in [9.17, 15) is 0 Å². The summed E-state index contributed by atoms with van der Waals surface area (Å²) in [5.41, 5.74) is 6.62. The lowest BCUT2D eigenvalue weighted by molar-refractivity contribution is 0.164. The molecule has 1 fully saturated rings. The summed E-state index contributed by atoms with van der Waals surface area (Å²) in [7, 11) is 1.62. The van der Waals surface area contributed by atoms with Crippen LogP contribution in [0.25, 0.3) is 10.9 Å². The Balaban J connectivity index is 1.70. The molecule has 0 unspecified atom stereocenters. The Hall–Kier alpha value is -2.08. The lowest BCUT2D eigenvalue weighted by Gasteiger charge is -2.30. The fraction of sp³-hybridized carbons (Fsp3) is 0.467. The topological polar surface area (TPSA) is 73.5 Å². The molecule has 112 valence electrons. The normalized spacial score (nSPS) is 14.9. The van der Waals surface area contributed by atoms with Crippen LogP contribution < -0.4 is 15.2 Å². The fourth-order valence-electron chi connectivity index (χ4n) is 2.43. The van der Waals surface area contributed by atoms with Crippen LogP contribution in [0.5, 0.6) is 11.5 Å². The summed E-state index contributed by atoms with van der Waals surface area (Å²) in [5, 5.41) is 0.780. The van der Waals surface area contributed by atoms with Crippen LogP contribution in [0.15, 0.2) is 18.5 Å². The summed E-state index contributed by atoms with van der Waals surface area (Å²) in [6.07, 6.45) is 3.78. The van der Waals surface area contributed by atoms with Crippen molar-refractivity contribution in [2.24, 2.45) is 0 Å². The molecule has 0 bridgehead atoms. The van der Waals surface area contributed by atoms with Gasteiger partial charge in [0.1, 0.15) is 12.1 Å². The zero-order valence-electron chi connectivity index (χ0n) is 12.2. The van der Waals surface area contributed by atoms with Crippen LogP contribution in [-0.2, 0) is 0 Å². The summed E-state index contributed by atoms with van der Waals surface area (Å²) in [4.78, 5) is 10.6. The Bertz CT molecular complexity index is 628. The molecule has 0 atom stereocenters. The van der Waals surface area contributed by atoms with E-state index in [-0.39, 0.29) is 0 Å². The van der Waals surface area contributed by atoms with Crippen LogP contribution in [-0.4, -0.2) is 48.2 Å². The number of ether oxygens (including phenoxy) is 2. The average Bonchev–Trinajstić information content (AvgIpc) is 2.45. The maximum atomic E-state index is 5.85. The second-order valence-corrected chi connectivity index (χ2v) is 5.18. The van der Waals surface area contributed by atoms with Gasteiger partial charge in [-0.1, -0.05) is 0 Å². The number of nitrogen functional groups attached to an aromatic ring is 1. The number of hydrogen-bond donors (Lipinski definition) is 1. The lowest BCUT2D eigenvalue weighted by Crippen LogP contribution is -2.38. The van der Waals surface area contributed by atoms with Crippen molar-refractivity contribution in [2.45, 2.75) is 12.8 Å². The second-order valence-electron chi connectivity index (χ2n) is 5.18. The highest BCUT2D eigenvalue weighted by molar-refractivity contribution is 5.90. The molecule has 0 radical (unpaired) electrons. The molecule has 1 aromatic heterocycles. The van der Waals surface area contributed by atoms with Crippen molar-refractivity contribution in [2.75, 3.05) is 39.1 Å². The molecule has 0 amide bonds. The molecule has 2 heterocycles. The molecule has 2 aromatic rings. The maximum Gasteiger partial charge on any atom is 0.163 e. The first-order chi connectivity index (χ1) is 10.3. The van der Waals surface area contributed by atoms with Gasteiger partial charge in [-0.2, -0.15) is 0 Å². The van der Waals surface area contributed by atoms with Crippen molar-refractivity contribution in [3.63, 3.8) is 0 Å². The van der Waals surface area contributed by atoms with Gasteiger partial charge in [-0.25, -0.2) is 9.97 Å². The van der Waals surface area contributed by atoms with Crippen molar-refractivity contribution >= 4 is 16.7 Å². The van der Waals surface area contributed by atoms with Gasteiger partial charge in [0.15, 0.2) is 11.5 Å². The van der Waals surface area contributed by atoms with E-state index < -0.39 is 0 Å². The van der Waals surface area contributed by atoms with Crippen molar-refractivity contribution in [1.29, 1.82) is 0 Å². The van der Waals surface area contributed by atoms with Gasteiger partial charge in [-0.05, 0) is 32.0 Å². The SMILES string of the molecule is COc1cc2c(N)ncnc2cc1OCCCN1CCC1. The minimum absolute atomic E-state index is 0.447. The molecule has 0 aliphatic carbocycles. The lowest BCUT2D eigenvalue weighted by atomic mass is 10.2. The van der Waals surface area contributed by atoms with E-state index in [2.05, 4.69) is 14.9 Å². The van der Waals surface area contributed by atoms with E-state index >= 15 is 0 Å². The number of rotatable bonds is 6. The molecule has 0 saturated carbocycles. The van der Waals surface area contributed by atoms with E-state index in [0.717, 1.165) is 23.9 Å². The third kappa shape index (κ3) is 3.00. The van der Waals surface area contributed by atoms with Gasteiger partial charge in [0.25, 0.3) is 0 Å². The number of methoxy groups -OCH3 is 1. The van der Waals surface area contributed by atoms with Crippen molar-refractivity contribution < 1.29 is 9.47 Å². The molecular formula is C15H20N4O2. The van der Waals surface area contributed by atoms with E-state index in [4.69, 9.17) is 15.2 Å². The highest BCUT2D eigenvalue weighted by Gasteiger charge is 2.13. The fourth-order valence-corrected chi connectivity index (χ4v) is 2.43. The number of fused-ring (bicyclic) bond motifs is 1. The summed E-state index contributed by atoms with van der Waals surface area (Å²) in [5.74, 6) is 1.81. The zero-order valence-corrected chi connectivity index (χ0v) is 12.2. The second kappa shape index (κ2) is 6.13. The third-order valence-corrected chi connectivity index (χ3v) is 3.78. The van der Waals surface area contributed by atoms with Crippen LogP contribution in [0.2, 0.25) is 0 Å². The van der Waals surface area contributed by atoms with E-state index in [1.165, 1.54) is 25.8 Å². The average molecular weight is 288 g/mol. The number of nitrogens with two attached hydrogens (primary N) is 1. The molecule has 6 nitrogen and oxygen atoms in total. The minimum Gasteiger partial charge on any atom is -0.493 e. The van der Waals surface area contributed by atoms with E-state index in [1.807, 2.05) is 12.1 Å². The van der Waals surface area contributed by atoms with Gasteiger partial charge in [0.05, 0.1) is 19.2 Å². The Labute approximate surface area is 123 Å². The Morgan fingerprint density at radius 3 is 2.81 bits per heavy atom. The van der Waals surface area contributed by atoms with Gasteiger partial charge < -0.3 is 20.1 Å². The summed E-state index contributed by atoms with van der Waals surface area (Å²) in [6, 6.07) is 3.69. The Morgan fingerprint density at radius 2 is 2.10 bits per heavy atom. The standard InChI is InChI=1S/C15H20N4O2/c1-20-13-8-11-12(17-10-18-15(11)16)9-14(13)21-7-3-6-19-4-2-5-19/h8-10H,2-7H2,1H3,(H2,16,17,18). The summed E-state index contributed by atoms with van der Waals surface area (Å²) >= 11 is 0. The molecule has 2 N–H and O–H groups in total. The largest absolute Gasteiger partial charge is 0.493 e. The van der Waals surface area contributed by atoms with Crippen LogP contribution in [0.4, 0.5) is 5.82 Å². The molecule has 1 saturated heterocycles. The molecule has 1 aliphatic rings. The molecule has 1 aromatic carbocycles. The Kier molecular flexibility index (Phi) is 4.06. The quantitative estimate of drug-likeness (QED) is 0.816. The number of hydrogen-bond acceptors (Lipinski definition) is 6. The first-order valence-corrected chi connectivity index (χ1v) is 7.21. The number of likely N-dealkylation sites (tertiary alicyclic amines) is 1. The number of nitrogens with zero attached hydrogens (tertiary/aromatic N) is 3. The van der Waals surface area contributed by atoms with Crippen molar-refractivity contribution in [3.8, 4) is 11.5 Å². The predicted octanol–water partition coefficient (Wildman–Crippen LogP) is 1.70. The van der Waals surface area contributed by atoms with Gasteiger partial charge in [0.2, 0.25) is 0 Å². The van der Waals surface area contributed by atoms with Crippen molar-refractivity contribution in [1.82, 2.24) is 14.9 Å². The number of anilines is 1. The first-order valence-electron chi connectivity index (χ1n) is 7.21. The van der Waals surface area contributed by atoms with Gasteiger partial charge in [-0.3, -0.25) is 0 Å². The molecule has 21 heavy (non-hydrogen) atoms. The van der Waals surface area contributed by atoms with Crippen LogP contribution in [0.1, 0.15) is 12.8 Å².